The van der Waals surface area contributed by atoms with Crippen LogP contribution in [0.3, 0.4) is 0 Å². The van der Waals surface area contributed by atoms with Crippen LogP contribution in [-0.2, 0) is 0 Å². The summed E-state index contributed by atoms with van der Waals surface area (Å²) in [6.07, 6.45) is 7.69. The molecule has 1 N–H and O–H groups in total. The highest BCUT2D eigenvalue weighted by Gasteiger charge is 2.70. The first-order valence-corrected chi connectivity index (χ1v) is 7.69. The highest BCUT2D eigenvalue weighted by molar-refractivity contribution is 9.09. The Labute approximate surface area is 104 Å². The maximum absolute atomic E-state index is 10.4. The van der Waals surface area contributed by atoms with Crippen molar-refractivity contribution in [2.75, 3.05) is 0 Å². The minimum atomic E-state index is -0.0611. The van der Waals surface area contributed by atoms with E-state index in [1.54, 1.807) is 0 Å². The van der Waals surface area contributed by atoms with E-state index in [1.165, 1.54) is 12.8 Å². The van der Waals surface area contributed by atoms with Crippen LogP contribution >= 0.6 is 15.9 Å². The number of rotatable bonds is 0. The van der Waals surface area contributed by atoms with Crippen molar-refractivity contribution in [3.8, 4) is 0 Å². The Morgan fingerprint density at radius 3 is 2.75 bits per heavy atom. The molecule has 5 aliphatic carbocycles. The number of hydrogen-bond acceptors (Lipinski definition) is 1. The van der Waals surface area contributed by atoms with E-state index in [9.17, 15) is 5.11 Å². The van der Waals surface area contributed by atoms with Crippen molar-refractivity contribution in [3.05, 3.63) is 12.2 Å². The molecule has 5 aliphatic rings. The molecule has 86 valence electrons. The topological polar surface area (TPSA) is 20.2 Å². The predicted molar refractivity (Wildman–Crippen MR) is 65.0 cm³/mol. The van der Waals surface area contributed by atoms with Crippen molar-refractivity contribution < 1.29 is 5.11 Å². The van der Waals surface area contributed by atoms with Crippen LogP contribution in [0.4, 0.5) is 0 Å². The number of aliphatic hydroxyl groups excluding tert-OH is 1. The van der Waals surface area contributed by atoms with E-state index < -0.39 is 0 Å². The number of allylic oxidation sites excluding steroid dienone is 2. The predicted octanol–water partition coefficient (Wildman–Crippen LogP) is 2.44. The Morgan fingerprint density at radius 2 is 1.88 bits per heavy atom. The standard InChI is InChI=1S/C14H17BrO/c15-13-12-7-2-1-5-3-6-4-8(14(13)16)11(12)10(6)9(5)7/h1-2,5-14,16H,3-4H2/t5-,6-,7-,8+,9+,10+,11+,12-,13+,14+/m0/s1. The third kappa shape index (κ3) is 0.753. The van der Waals surface area contributed by atoms with Crippen LogP contribution in [0.25, 0.3) is 0 Å². The summed E-state index contributed by atoms with van der Waals surface area (Å²) >= 11 is 3.80. The van der Waals surface area contributed by atoms with E-state index in [1.807, 2.05) is 0 Å². The second-order valence-electron chi connectivity index (χ2n) is 6.77. The zero-order valence-corrected chi connectivity index (χ0v) is 10.8. The van der Waals surface area contributed by atoms with Crippen molar-refractivity contribution in [2.45, 2.75) is 23.8 Å². The van der Waals surface area contributed by atoms with Crippen LogP contribution in [0.1, 0.15) is 12.8 Å². The lowest BCUT2D eigenvalue weighted by atomic mass is 9.87. The van der Waals surface area contributed by atoms with Crippen LogP contribution < -0.4 is 0 Å². The Hall–Kier alpha value is 0.180. The van der Waals surface area contributed by atoms with Gasteiger partial charge in [-0.3, -0.25) is 0 Å². The van der Waals surface area contributed by atoms with E-state index in [0.717, 1.165) is 41.4 Å². The lowest BCUT2D eigenvalue weighted by Crippen LogP contribution is -2.27. The van der Waals surface area contributed by atoms with Crippen molar-refractivity contribution in [1.82, 2.24) is 0 Å². The van der Waals surface area contributed by atoms with E-state index in [4.69, 9.17) is 0 Å². The van der Waals surface area contributed by atoms with Crippen molar-refractivity contribution in [2.24, 2.45) is 47.3 Å². The maximum atomic E-state index is 10.4. The molecular formula is C14H17BrO. The Bertz CT molecular complexity index is 392. The molecule has 0 radical (unpaired) electrons. The van der Waals surface area contributed by atoms with Gasteiger partial charge in [0.2, 0.25) is 0 Å². The first-order valence-electron chi connectivity index (χ1n) is 6.78. The SMILES string of the molecule is O[C@H]1[C@H](Br)[C@H]2[C@H]3C=C[C@H]4C[C@H]5C[C@@H]1[C@@H]2[C@H]5[C@@H]34. The number of fused-ring (bicyclic) bond motifs is 1. The molecule has 0 aromatic heterocycles. The second-order valence-corrected chi connectivity index (χ2v) is 7.82. The number of aliphatic hydroxyl groups is 1. The smallest absolute Gasteiger partial charge is 0.0699 e. The lowest BCUT2D eigenvalue weighted by Gasteiger charge is -2.23. The molecule has 2 heteroatoms. The van der Waals surface area contributed by atoms with Gasteiger partial charge < -0.3 is 5.11 Å². The molecule has 0 spiro atoms. The summed E-state index contributed by atoms with van der Waals surface area (Å²) in [5, 5.41) is 10.4. The molecule has 5 rings (SSSR count). The second kappa shape index (κ2) is 2.61. The van der Waals surface area contributed by atoms with Gasteiger partial charge in [0.1, 0.15) is 0 Å². The Balaban J connectivity index is 1.70. The molecule has 4 saturated carbocycles. The van der Waals surface area contributed by atoms with Crippen molar-refractivity contribution in [3.63, 3.8) is 0 Å². The summed E-state index contributed by atoms with van der Waals surface area (Å²) in [4.78, 5) is 0.377. The normalized spacial score (nSPS) is 72.9. The largest absolute Gasteiger partial charge is 0.392 e. The lowest BCUT2D eigenvalue weighted by molar-refractivity contribution is 0.120. The molecule has 0 saturated heterocycles. The van der Waals surface area contributed by atoms with E-state index in [-0.39, 0.29) is 6.10 Å². The minimum Gasteiger partial charge on any atom is -0.392 e. The van der Waals surface area contributed by atoms with Gasteiger partial charge in [0.15, 0.2) is 0 Å². The molecule has 0 amide bonds. The summed E-state index contributed by atoms with van der Waals surface area (Å²) in [6.45, 7) is 0. The van der Waals surface area contributed by atoms with Crippen LogP contribution in [0.15, 0.2) is 12.2 Å². The van der Waals surface area contributed by atoms with Gasteiger partial charge in [0, 0.05) is 4.83 Å². The highest BCUT2D eigenvalue weighted by Crippen LogP contribution is 2.73. The summed E-state index contributed by atoms with van der Waals surface area (Å²) in [5.41, 5.74) is 0. The van der Waals surface area contributed by atoms with Crippen LogP contribution in [0, 0.1) is 47.3 Å². The van der Waals surface area contributed by atoms with Gasteiger partial charge in [-0.1, -0.05) is 28.1 Å². The zero-order chi connectivity index (χ0) is 10.6. The molecule has 0 heterocycles. The van der Waals surface area contributed by atoms with Crippen molar-refractivity contribution >= 4 is 15.9 Å². The van der Waals surface area contributed by atoms with Gasteiger partial charge in [-0.25, -0.2) is 0 Å². The molecule has 0 aromatic rings. The monoisotopic (exact) mass is 280 g/mol. The van der Waals surface area contributed by atoms with Gasteiger partial charge in [-0.15, -0.1) is 0 Å². The van der Waals surface area contributed by atoms with Crippen LogP contribution in [-0.4, -0.2) is 16.0 Å². The molecule has 0 unspecified atom stereocenters. The van der Waals surface area contributed by atoms with E-state index in [0.29, 0.717) is 10.7 Å². The molecule has 0 aromatic carbocycles. The average Bonchev–Trinajstić information content (AvgIpc) is 2.95. The fraction of sp³-hybridized carbons (Fsp3) is 0.857. The first-order chi connectivity index (χ1) is 7.77. The third-order valence-electron chi connectivity index (χ3n) is 6.62. The van der Waals surface area contributed by atoms with Gasteiger partial charge >= 0.3 is 0 Å². The summed E-state index contributed by atoms with van der Waals surface area (Å²) in [7, 11) is 0. The zero-order valence-electron chi connectivity index (χ0n) is 9.17. The van der Waals surface area contributed by atoms with Crippen molar-refractivity contribution in [1.29, 1.82) is 0 Å². The highest BCUT2D eigenvalue weighted by atomic mass is 79.9. The van der Waals surface area contributed by atoms with Gasteiger partial charge in [-0.05, 0) is 60.2 Å². The van der Waals surface area contributed by atoms with Gasteiger partial charge in [0.05, 0.1) is 6.10 Å². The molecule has 0 aliphatic heterocycles. The van der Waals surface area contributed by atoms with Gasteiger partial charge in [0.25, 0.3) is 0 Å². The Morgan fingerprint density at radius 1 is 1.00 bits per heavy atom. The molecule has 0 bridgehead atoms. The first kappa shape index (κ1) is 9.16. The molecular weight excluding hydrogens is 264 g/mol. The third-order valence-corrected chi connectivity index (χ3v) is 7.77. The number of hydrogen-bond donors (Lipinski definition) is 1. The van der Waals surface area contributed by atoms with E-state index in [2.05, 4.69) is 28.1 Å². The quantitative estimate of drug-likeness (QED) is 0.534. The molecule has 4 fully saturated rings. The molecule has 10 atom stereocenters. The summed E-state index contributed by atoms with van der Waals surface area (Å²) < 4.78 is 0. The summed E-state index contributed by atoms with van der Waals surface area (Å²) in [6, 6.07) is 0. The van der Waals surface area contributed by atoms with Gasteiger partial charge in [-0.2, -0.15) is 0 Å². The number of halogens is 1. The molecule has 1 nitrogen and oxygen atoms in total. The van der Waals surface area contributed by atoms with Crippen LogP contribution in [0.5, 0.6) is 0 Å². The minimum absolute atomic E-state index is 0.0611. The number of alkyl halides is 1. The summed E-state index contributed by atoms with van der Waals surface area (Å²) in [5.74, 6) is 6.84. The molecule has 16 heavy (non-hydrogen) atoms. The van der Waals surface area contributed by atoms with E-state index >= 15 is 0 Å². The average molecular weight is 281 g/mol. The fourth-order valence-electron chi connectivity index (χ4n) is 6.47. The maximum Gasteiger partial charge on any atom is 0.0699 e. The fourth-order valence-corrected chi connectivity index (χ4v) is 7.56. The Kier molecular flexibility index (Phi) is 1.49. The van der Waals surface area contributed by atoms with Crippen LogP contribution in [0.2, 0.25) is 0 Å².